The number of halogens is 1. The van der Waals surface area contributed by atoms with Crippen LogP contribution >= 0.6 is 0 Å². The van der Waals surface area contributed by atoms with Crippen LogP contribution in [0.1, 0.15) is 6.42 Å². The second-order valence-corrected chi connectivity index (χ2v) is 2.91. The summed E-state index contributed by atoms with van der Waals surface area (Å²) in [6.07, 6.45) is 0.133. The Hall–Kier alpha value is -1.62. The summed E-state index contributed by atoms with van der Waals surface area (Å²) in [7, 11) is 0. The number of benzene rings is 1. The number of amides is 1. The second-order valence-electron chi connectivity index (χ2n) is 2.91. The van der Waals surface area contributed by atoms with Crippen molar-refractivity contribution in [3.05, 3.63) is 30.1 Å². The first kappa shape index (κ1) is 11.5. The molecule has 15 heavy (non-hydrogen) atoms. The highest BCUT2D eigenvalue weighted by Gasteiger charge is 2.02. The van der Waals surface area contributed by atoms with Crippen molar-refractivity contribution in [3.63, 3.8) is 0 Å². The Morgan fingerprint density at radius 1 is 1.40 bits per heavy atom. The first-order valence-electron chi connectivity index (χ1n) is 4.63. The summed E-state index contributed by atoms with van der Waals surface area (Å²) >= 11 is 0. The molecule has 0 aliphatic rings. The fourth-order valence-electron chi connectivity index (χ4n) is 0.938. The molecule has 0 aromatic heterocycles. The van der Waals surface area contributed by atoms with E-state index in [1.807, 2.05) is 0 Å². The number of nitrogens with one attached hydrogen (secondary N) is 1. The minimum Gasteiger partial charge on any atom is -0.410 e. The van der Waals surface area contributed by atoms with Crippen LogP contribution in [0.15, 0.2) is 24.3 Å². The Bertz CT molecular complexity index is 314. The van der Waals surface area contributed by atoms with Crippen LogP contribution in [0.2, 0.25) is 0 Å². The maximum atomic E-state index is 12.5. The van der Waals surface area contributed by atoms with Gasteiger partial charge in [0.1, 0.15) is 11.6 Å². The van der Waals surface area contributed by atoms with Gasteiger partial charge in [-0.3, -0.25) is 0 Å². The molecule has 0 heterocycles. The third kappa shape index (κ3) is 4.42. The summed E-state index contributed by atoms with van der Waals surface area (Å²) in [4.78, 5) is 11.1. The average molecular weight is 212 g/mol. The average Bonchev–Trinajstić information content (AvgIpc) is 2.22. The Morgan fingerprint density at radius 2 is 2.07 bits per heavy atom. The van der Waals surface area contributed by atoms with Gasteiger partial charge in [-0.05, 0) is 37.2 Å². The van der Waals surface area contributed by atoms with Crippen LogP contribution in [-0.2, 0) is 0 Å². The summed E-state index contributed by atoms with van der Waals surface area (Å²) in [6, 6.07) is 5.22. The zero-order valence-corrected chi connectivity index (χ0v) is 8.20. The van der Waals surface area contributed by atoms with Crippen molar-refractivity contribution in [2.75, 3.05) is 13.1 Å². The Kier molecular flexibility index (Phi) is 4.56. The van der Waals surface area contributed by atoms with Gasteiger partial charge in [0.2, 0.25) is 0 Å². The van der Waals surface area contributed by atoms with E-state index in [0.29, 0.717) is 25.3 Å². The van der Waals surface area contributed by atoms with E-state index in [-0.39, 0.29) is 5.82 Å². The monoisotopic (exact) mass is 212 g/mol. The molecule has 0 atom stereocenters. The molecular weight excluding hydrogens is 199 g/mol. The maximum absolute atomic E-state index is 12.5. The number of rotatable bonds is 4. The van der Waals surface area contributed by atoms with Crippen molar-refractivity contribution in [1.82, 2.24) is 5.32 Å². The van der Waals surface area contributed by atoms with E-state index in [1.165, 1.54) is 24.3 Å². The van der Waals surface area contributed by atoms with E-state index in [1.54, 1.807) is 0 Å². The van der Waals surface area contributed by atoms with Crippen LogP contribution < -0.4 is 15.8 Å². The summed E-state index contributed by atoms with van der Waals surface area (Å²) in [5.41, 5.74) is 5.25. The second kappa shape index (κ2) is 5.98. The maximum Gasteiger partial charge on any atom is 0.412 e. The molecule has 1 amide bonds. The number of nitrogens with two attached hydrogens (primary N) is 1. The lowest BCUT2D eigenvalue weighted by molar-refractivity contribution is 0.200. The summed E-state index contributed by atoms with van der Waals surface area (Å²) in [6.45, 7) is 0.980. The van der Waals surface area contributed by atoms with E-state index in [9.17, 15) is 9.18 Å². The van der Waals surface area contributed by atoms with Gasteiger partial charge in [0, 0.05) is 6.54 Å². The van der Waals surface area contributed by atoms with Gasteiger partial charge in [-0.15, -0.1) is 0 Å². The topological polar surface area (TPSA) is 64.3 Å². The normalized spacial score (nSPS) is 9.73. The molecule has 82 valence electrons. The third-order valence-electron chi connectivity index (χ3n) is 1.67. The van der Waals surface area contributed by atoms with Gasteiger partial charge in [-0.25, -0.2) is 9.18 Å². The Morgan fingerprint density at radius 3 is 2.67 bits per heavy atom. The number of hydrogen-bond donors (Lipinski definition) is 2. The van der Waals surface area contributed by atoms with E-state index in [2.05, 4.69) is 5.32 Å². The van der Waals surface area contributed by atoms with Crippen LogP contribution in [0.25, 0.3) is 0 Å². The molecule has 0 radical (unpaired) electrons. The van der Waals surface area contributed by atoms with Crippen LogP contribution in [0.5, 0.6) is 5.75 Å². The quantitative estimate of drug-likeness (QED) is 0.738. The molecule has 0 unspecified atom stereocenters. The molecule has 0 saturated carbocycles. The van der Waals surface area contributed by atoms with Crippen molar-refractivity contribution in [1.29, 1.82) is 0 Å². The molecule has 3 N–H and O–H groups in total. The summed E-state index contributed by atoms with van der Waals surface area (Å²) < 4.78 is 17.4. The largest absolute Gasteiger partial charge is 0.412 e. The van der Waals surface area contributed by atoms with Gasteiger partial charge in [0.05, 0.1) is 0 Å². The zero-order chi connectivity index (χ0) is 11.1. The van der Waals surface area contributed by atoms with Gasteiger partial charge in [0.25, 0.3) is 0 Å². The minimum atomic E-state index is -0.560. The van der Waals surface area contributed by atoms with Crippen LogP contribution in [-0.4, -0.2) is 19.2 Å². The highest BCUT2D eigenvalue weighted by atomic mass is 19.1. The van der Waals surface area contributed by atoms with E-state index >= 15 is 0 Å². The van der Waals surface area contributed by atoms with Crippen molar-refractivity contribution in [2.24, 2.45) is 5.73 Å². The number of carbonyl (C=O) groups excluding carboxylic acids is 1. The van der Waals surface area contributed by atoms with E-state index < -0.39 is 6.09 Å². The summed E-state index contributed by atoms with van der Waals surface area (Å²) in [5, 5.41) is 2.51. The Labute approximate surface area is 87.2 Å². The predicted molar refractivity (Wildman–Crippen MR) is 54.1 cm³/mol. The first-order chi connectivity index (χ1) is 7.22. The smallest absolute Gasteiger partial charge is 0.410 e. The van der Waals surface area contributed by atoms with Crippen LogP contribution in [0.4, 0.5) is 9.18 Å². The van der Waals surface area contributed by atoms with Gasteiger partial charge in [-0.2, -0.15) is 0 Å². The molecule has 5 heteroatoms. The van der Waals surface area contributed by atoms with Crippen molar-refractivity contribution >= 4 is 6.09 Å². The van der Waals surface area contributed by atoms with Gasteiger partial charge in [-0.1, -0.05) is 0 Å². The number of carbonyl (C=O) groups is 1. The van der Waals surface area contributed by atoms with E-state index in [4.69, 9.17) is 10.5 Å². The molecule has 0 saturated heterocycles. The summed E-state index contributed by atoms with van der Waals surface area (Å²) in [5.74, 6) is -0.0625. The zero-order valence-electron chi connectivity index (χ0n) is 8.20. The minimum absolute atomic E-state index is 0.307. The molecule has 1 aromatic rings. The van der Waals surface area contributed by atoms with Crippen LogP contribution in [0.3, 0.4) is 0 Å². The molecular formula is C10H13FN2O2. The molecule has 0 bridgehead atoms. The number of hydrogen-bond acceptors (Lipinski definition) is 3. The van der Waals surface area contributed by atoms with Crippen LogP contribution in [0, 0.1) is 5.82 Å². The highest BCUT2D eigenvalue weighted by Crippen LogP contribution is 2.10. The lowest BCUT2D eigenvalue weighted by atomic mass is 10.3. The highest BCUT2D eigenvalue weighted by molar-refractivity contribution is 5.70. The lowest BCUT2D eigenvalue weighted by Crippen LogP contribution is -2.28. The number of ether oxygens (including phenoxy) is 1. The molecule has 0 spiro atoms. The first-order valence-corrected chi connectivity index (χ1v) is 4.63. The van der Waals surface area contributed by atoms with Gasteiger partial charge < -0.3 is 15.8 Å². The molecule has 0 aliphatic carbocycles. The standard InChI is InChI=1S/C10H13FN2O2/c11-8-2-4-9(5-3-8)15-10(14)13-7-1-6-12/h2-5H,1,6-7,12H2,(H,13,14). The SMILES string of the molecule is NCCCNC(=O)Oc1ccc(F)cc1. The molecule has 0 fully saturated rings. The van der Waals surface area contributed by atoms with Gasteiger partial charge >= 0.3 is 6.09 Å². The fourth-order valence-corrected chi connectivity index (χ4v) is 0.938. The Balaban J connectivity index is 2.34. The van der Waals surface area contributed by atoms with Crippen molar-refractivity contribution in [3.8, 4) is 5.75 Å². The predicted octanol–water partition coefficient (Wildman–Crippen LogP) is 1.26. The molecule has 1 aromatic carbocycles. The van der Waals surface area contributed by atoms with E-state index in [0.717, 1.165) is 0 Å². The van der Waals surface area contributed by atoms with Gasteiger partial charge in [0.15, 0.2) is 0 Å². The molecule has 1 rings (SSSR count). The third-order valence-corrected chi connectivity index (χ3v) is 1.67. The molecule has 4 nitrogen and oxygen atoms in total. The van der Waals surface area contributed by atoms with Crippen molar-refractivity contribution in [2.45, 2.75) is 6.42 Å². The fraction of sp³-hybridized carbons (Fsp3) is 0.300. The van der Waals surface area contributed by atoms with Crippen molar-refractivity contribution < 1.29 is 13.9 Å². The molecule has 0 aliphatic heterocycles. The lowest BCUT2D eigenvalue weighted by Gasteiger charge is -2.05.